The smallest absolute Gasteiger partial charge is 0.235 e. The second kappa shape index (κ2) is 4.95. The fourth-order valence-electron chi connectivity index (χ4n) is 1.94. The van der Waals surface area contributed by atoms with Crippen molar-refractivity contribution in [3.05, 3.63) is 0 Å². The first-order valence-electron chi connectivity index (χ1n) is 5.96. The number of likely N-dealkylation sites (tertiary alicyclic amines) is 1. The van der Waals surface area contributed by atoms with Gasteiger partial charge in [-0.2, -0.15) is 0 Å². The van der Waals surface area contributed by atoms with E-state index in [1.807, 2.05) is 20.8 Å². The number of rotatable bonds is 5. The Morgan fingerprint density at radius 1 is 1.44 bits per heavy atom. The first-order valence-corrected chi connectivity index (χ1v) is 5.96. The zero-order chi connectivity index (χ0) is 12.3. The zero-order valence-corrected chi connectivity index (χ0v) is 10.7. The monoisotopic (exact) mass is 226 g/mol. The summed E-state index contributed by atoms with van der Waals surface area (Å²) in [6.07, 6.45) is 1.39. The summed E-state index contributed by atoms with van der Waals surface area (Å²) in [5, 5.41) is 3.28. The molecule has 16 heavy (non-hydrogen) atoms. The Labute approximate surface area is 97.4 Å². The van der Waals surface area contributed by atoms with Gasteiger partial charge in [-0.1, -0.05) is 20.8 Å². The molecule has 1 atom stereocenters. The van der Waals surface area contributed by atoms with Gasteiger partial charge in [0.2, 0.25) is 11.8 Å². The van der Waals surface area contributed by atoms with E-state index < -0.39 is 5.41 Å². The van der Waals surface area contributed by atoms with Gasteiger partial charge in [-0.15, -0.1) is 0 Å². The van der Waals surface area contributed by atoms with Gasteiger partial charge in [0.05, 0.1) is 5.41 Å². The summed E-state index contributed by atoms with van der Waals surface area (Å²) in [6, 6.07) is 0.168. The molecule has 2 amide bonds. The summed E-state index contributed by atoms with van der Waals surface area (Å²) in [7, 11) is 0. The molecule has 92 valence electrons. The molecule has 1 fully saturated rings. The largest absolute Gasteiger partial charge is 0.312 e. The van der Waals surface area contributed by atoms with Crippen molar-refractivity contribution in [2.45, 2.75) is 46.6 Å². The molecule has 4 heteroatoms. The topological polar surface area (TPSA) is 49.4 Å². The minimum atomic E-state index is -0.512. The number of carbonyl (C=O) groups is 2. The summed E-state index contributed by atoms with van der Waals surface area (Å²) in [6.45, 7) is 9.16. The lowest BCUT2D eigenvalue weighted by molar-refractivity contribution is -0.141. The Kier molecular flexibility index (Phi) is 4.08. The van der Waals surface area contributed by atoms with Crippen molar-refractivity contribution in [3.8, 4) is 0 Å². The second-order valence-corrected chi connectivity index (χ2v) is 5.23. The molecule has 0 radical (unpaired) electrons. The van der Waals surface area contributed by atoms with E-state index in [2.05, 4.69) is 12.2 Å². The molecule has 1 heterocycles. The lowest BCUT2D eigenvalue weighted by atomic mass is 9.92. The van der Waals surface area contributed by atoms with E-state index in [1.165, 1.54) is 4.90 Å². The van der Waals surface area contributed by atoms with Crippen LogP contribution in [0.3, 0.4) is 0 Å². The highest BCUT2D eigenvalue weighted by Crippen LogP contribution is 2.31. The third-order valence-corrected chi connectivity index (χ3v) is 2.92. The second-order valence-electron chi connectivity index (χ2n) is 5.23. The molecule has 0 saturated carbocycles. The summed E-state index contributed by atoms with van der Waals surface area (Å²) in [4.78, 5) is 25.0. The van der Waals surface area contributed by atoms with Crippen molar-refractivity contribution >= 4 is 11.8 Å². The maximum Gasteiger partial charge on any atom is 0.235 e. The molecule has 0 spiro atoms. The Bertz CT molecular complexity index is 287. The Morgan fingerprint density at radius 2 is 2.06 bits per heavy atom. The summed E-state index contributed by atoms with van der Waals surface area (Å²) < 4.78 is 0. The fourth-order valence-corrected chi connectivity index (χ4v) is 1.94. The Morgan fingerprint density at radius 3 is 2.50 bits per heavy atom. The van der Waals surface area contributed by atoms with Crippen LogP contribution in [0.15, 0.2) is 0 Å². The van der Waals surface area contributed by atoms with E-state index in [0.717, 1.165) is 13.0 Å². The van der Waals surface area contributed by atoms with Crippen LogP contribution in [0.5, 0.6) is 0 Å². The van der Waals surface area contributed by atoms with E-state index in [-0.39, 0.29) is 17.9 Å². The average molecular weight is 226 g/mol. The molecule has 1 aliphatic heterocycles. The Hall–Kier alpha value is -0.900. The molecule has 1 unspecified atom stereocenters. The minimum Gasteiger partial charge on any atom is -0.312 e. The van der Waals surface area contributed by atoms with Crippen LogP contribution >= 0.6 is 0 Å². The number of nitrogens with zero attached hydrogens (tertiary/aromatic N) is 1. The summed E-state index contributed by atoms with van der Waals surface area (Å²) in [5.74, 6) is -0.0807. The number of imide groups is 1. The number of amides is 2. The van der Waals surface area contributed by atoms with E-state index in [9.17, 15) is 9.59 Å². The van der Waals surface area contributed by atoms with Gasteiger partial charge in [0.25, 0.3) is 0 Å². The van der Waals surface area contributed by atoms with Crippen LogP contribution in [0.25, 0.3) is 0 Å². The molecule has 0 aliphatic carbocycles. The molecule has 0 bridgehead atoms. The number of hydrogen-bond donors (Lipinski definition) is 1. The highest BCUT2D eigenvalue weighted by molar-refractivity contribution is 6.05. The predicted molar refractivity (Wildman–Crippen MR) is 62.9 cm³/mol. The van der Waals surface area contributed by atoms with Crippen LogP contribution in [0.2, 0.25) is 0 Å². The van der Waals surface area contributed by atoms with Crippen molar-refractivity contribution in [1.82, 2.24) is 10.2 Å². The summed E-state index contributed by atoms with van der Waals surface area (Å²) >= 11 is 0. The normalized spacial score (nSPS) is 21.6. The highest BCUT2D eigenvalue weighted by atomic mass is 16.2. The number of carbonyl (C=O) groups excluding carboxylic acids is 2. The molecule has 1 saturated heterocycles. The zero-order valence-electron chi connectivity index (χ0n) is 10.7. The summed E-state index contributed by atoms with van der Waals surface area (Å²) in [5.41, 5.74) is -0.512. The molecule has 1 rings (SSSR count). The minimum absolute atomic E-state index is 0.0392. The maximum absolute atomic E-state index is 11.9. The van der Waals surface area contributed by atoms with Crippen molar-refractivity contribution in [2.75, 3.05) is 13.1 Å². The van der Waals surface area contributed by atoms with Crippen LogP contribution in [0, 0.1) is 5.41 Å². The van der Waals surface area contributed by atoms with Gasteiger partial charge in [-0.05, 0) is 19.9 Å². The fraction of sp³-hybridized carbons (Fsp3) is 0.833. The molecule has 1 aliphatic rings. The van der Waals surface area contributed by atoms with E-state index in [0.29, 0.717) is 13.0 Å². The van der Waals surface area contributed by atoms with E-state index in [1.54, 1.807) is 0 Å². The molecule has 0 aromatic rings. The SMILES string of the molecule is CCCNC(C)CN1C(=O)CC(C)(C)C1=O. The first-order chi connectivity index (χ1) is 7.38. The lowest BCUT2D eigenvalue weighted by Gasteiger charge is -2.22. The van der Waals surface area contributed by atoms with Gasteiger partial charge in [-0.3, -0.25) is 14.5 Å². The maximum atomic E-state index is 11.9. The average Bonchev–Trinajstić information content (AvgIpc) is 2.38. The predicted octanol–water partition coefficient (Wildman–Crippen LogP) is 1.16. The first kappa shape index (κ1) is 13.2. The van der Waals surface area contributed by atoms with E-state index >= 15 is 0 Å². The molecular weight excluding hydrogens is 204 g/mol. The van der Waals surface area contributed by atoms with Crippen LogP contribution in [-0.4, -0.2) is 35.8 Å². The molecule has 4 nitrogen and oxygen atoms in total. The van der Waals surface area contributed by atoms with Gasteiger partial charge >= 0.3 is 0 Å². The van der Waals surface area contributed by atoms with Crippen molar-refractivity contribution in [1.29, 1.82) is 0 Å². The number of hydrogen-bond acceptors (Lipinski definition) is 3. The molecular formula is C12H22N2O2. The van der Waals surface area contributed by atoms with Gasteiger partial charge in [0.1, 0.15) is 0 Å². The van der Waals surface area contributed by atoms with Crippen LogP contribution in [0.1, 0.15) is 40.5 Å². The molecule has 0 aromatic carbocycles. The van der Waals surface area contributed by atoms with Crippen LogP contribution < -0.4 is 5.32 Å². The van der Waals surface area contributed by atoms with E-state index in [4.69, 9.17) is 0 Å². The number of nitrogens with one attached hydrogen (secondary N) is 1. The van der Waals surface area contributed by atoms with Crippen molar-refractivity contribution in [3.63, 3.8) is 0 Å². The standard InChI is InChI=1S/C12H22N2O2/c1-5-6-13-9(2)8-14-10(15)7-12(3,4)11(14)16/h9,13H,5-8H2,1-4H3. The van der Waals surface area contributed by atoms with Gasteiger partial charge < -0.3 is 5.32 Å². The van der Waals surface area contributed by atoms with Gasteiger partial charge in [-0.25, -0.2) is 0 Å². The molecule has 1 N–H and O–H groups in total. The van der Waals surface area contributed by atoms with Crippen LogP contribution in [0.4, 0.5) is 0 Å². The lowest BCUT2D eigenvalue weighted by Crippen LogP contribution is -2.43. The van der Waals surface area contributed by atoms with Crippen LogP contribution in [-0.2, 0) is 9.59 Å². The Balaban J connectivity index is 2.54. The third-order valence-electron chi connectivity index (χ3n) is 2.92. The van der Waals surface area contributed by atoms with Crippen molar-refractivity contribution in [2.24, 2.45) is 5.41 Å². The quantitative estimate of drug-likeness (QED) is 0.716. The van der Waals surface area contributed by atoms with Gasteiger partial charge in [0.15, 0.2) is 0 Å². The molecule has 0 aromatic heterocycles. The van der Waals surface area contributed by atoms with Gasteiger partial charge in [0, 0.05) is 19.0 Å². The van der Waals surface area contributed by atoms with Crippen molar-refractivity contribution < 1.29 is 9.59 Å². The highest BCUT2D eigenvalue weighted by Gasteiger charge is 2.44. The third kappa shape index (κ3) is 2.82.